The minimum atomic E-state index is -0.610. The zero-order valence-electron chi connectivity index (χ0n) is 21.3. The van der Waals surface area contributed by atoms with Crippen molar-refractivity contribution in [3.05, 3.63) is 110 Å². The van der Waals surface area contributed by atoms with Crippen molar-refractivity contribution < 1.29 is 9.59 Å². The quantitative estimate of drug-likeness (QED) is 0.133. The summed E-state index contributed by atoms with van der Waals surface area (Å²) in [5, 5.41) is 3.88. The van der Waals surface area contributed by atoms with Crippen molar-refractivity contribution in [2.45, 2.75) is 52.2 Å². The number of nitrogens with zero attached hydrogens (tertiary/aromatic N) is 5. The van der Waals surface area contributed by atoms with Gasteiger partial charge in [0.15, 0.2) is 0 Å². The molecule has 37 heavy (non-hydrogen) atoms. The number of hydrogen-bond donors (Lipinski definition) is 0. The van der Waals surface area contributed by atoms with Crippen LogP contribution in [0.4, 0.5) is 5.69 Å². The first-order chi connectivity index (χ1) is 17.9. The minimum absolute atomic E-state index is 0.221. The van der Waals surface area contributed by atoms with Crippen LogP contribution in [0.1, 0.15) is 43.4 Å². The lowest BCUT2D eigenvalue weighted by Crippen LogP contribution is -2.51. The lowest BCUT2D eigenvalue weighted by molar-refractivity contribution is -0.147. The molecule has 0 fully saturated rings. The molecular formula is C29H32BrN5O2. The van der Waals surface area contributed by atoms with Crippen molar-refractivity contribution in [2.75, 3.05) is 6.54 Å². The van der Waals surface area contributed by atoms with Gasteiger partial charge in [0.05, 0.1) is 6.04 Å². The molecule has 0 spiro atoms. The Balaban J connectivity index is 2.09. The first-order valence-corrected chi connectivity index (χ1v) is 13.2. The number of amides is 2. The van der Waals surface area contributed by atoms with Gasteiger partial charge in [0.1, 0.15) is 0 Å². The second-order valence-corrected chi connectivity index (χ2v) is 9.84. The maximum Gasteiger partial charge on any atom is 0.246 e. The third-order valence-electron chi connectivity index (χ3n) is 6.18. The molecule has 7 nitrogen and oxygen atoms in total. The first-order valence-electron chi connectivity index (χ1n) is 12.4. The fourth-order valence-corrected chi connectivity index (χ4v) is 4.68. The van der Waals surface area contributed by atoms with Crippen LogP contribution in [0.25, 0.3) is 10.4 Å². The maximum absolute atomic E-state index is 14.1. The Morgan fingerprint density at radius 2 is 1.62 bits per heavy atom. The van der Waals surface area contributed by atoms with Gasteiger partial charge >= 0.3 is 0 Å². The van der Waals surface area contributed by atoms with E-state index in [1.165, 1.54) is 11.8 Å². The molecule has 0 aromatic heterocycles. The van der Waals surface area contributed by atoms with Gasteiger partial charge in [-0.15, -0.1) is 0 Å². The van der Waals surface area contributed by atoms with Gasteiger partial charge in [-0.1, -0.05) is 101 Å². The Kier molecular flexibility index (Phi) is 10.9. The van der Waals surface area contributed by atoms with Gasteiger partial charge in [-0.3, -0.25) is 19.4 Å². The van der Waals surface area contributed by atoms with Crippen molar-refractivity contribution in [1.82, 2.24) is 9.80 Å². The average Bonchev–Trinajstić information content (AvgIpc) is 2.89. The standard InChI is InChI=1S/C29H32BrN5O2/c1-3-4-17-35(22(2)36)29(37)28(18-23-11-7-5-8-12-23)34(20-24-13-9-6-10-14-24)21-25-19-26(30)15-16-27(25)32-33-31/h5-16,19,28H,3-4,17-18,20-21H2,1-2H3. The summed E-state index contributed by atoms with van der Waals surface area (Å²) in [5.41, 5.74) is 12.5. The summed E-state index contributed by atoms with van der Waals surface area (Å²) in [5.74, 6) is -0.477. The van der Waals surface area contributed by atoms with Crippen LogP contribution in [0.5, 0.6) is 0 Å². The van der Waals surface area contributed by atoms with Gasteiger partial charge in [0, 0.05) is 41.6 Å². The van der Waals surface area contributed by atoms with Crippen molar-refractivity contribution in [3.63, 3.8) is 0 Å². The zero-order chi connectivity index (χ0) is 26.6. The summed E-state index contributed by atoms with van der Waals surface area (Å²) in [6.07, 6.45) is 2.06. The van der Waals surface area contributed by atoms with Crippen molar-refractivity contribution >= 4 is 33.4 Å². The summed E-state index contributed by atoms with van der Waals surface area (Å²) in [7, 11) is 0. The predicted octanol–water partition coefficient (Wildman–Crippen LogP) is 7.18. The average molecular weight is 563 g/mol. The van der Waals surface area contributed by atoms with E-state index in [-0.39, 0.29) is 11.8 Å². The molecule has 0 saturated heterocycles. The number of azide groups is 1. The third kappa shape index (κ3) is 8.29. The van der Waals surface area contributed by atoms with Crippen LogP contribution in [0.3, 0.4) is 0 Å². The van der Waals surface area contributed by atoms with E-state index in [1.54, 1.807) is 6.07 Å². The number of halogens is 1. The highest BCUT2D eigenvalue weighted by Crippen LogP contribution is 2.28. The molecule has 192 valence electrons. The molecule has 0 aliphatic rings. The number of carbonyl (C=O) groups is 2. The fraction of sp³-hybridized carbons (Fsp3) is 0.310. The smallest absolute Gasteiger partial charge is 0.246 e. The van der Waals surface area contributed by atoms with E-state index in [1.807, 2.05) is 79.7 Å². The van der Waals surface area contributed by atoms with Crippen molar-refractivity contribution in [2.24, 2.45) is 5.11 Å². The van der Waals surface area contributed by atoms with E-state index in [4.69, 9.17) is 5.53 Å². The molecule has 0 heterocycles. The van der Waals surface area contributed by atoms with Gasteiger partial charge < -0.3 is 0 Å². The van der Waals surface area contributed by atoms with E-state index in [0.717, 1.165) is 34.0 Å². The monoisotopic (exact) mass is 561 g/mol. The summed E-state index contributed by atoms with van der Waals surface area (Å²) in [6.45, 7) is 4.70. The zero-order valence-corrected chi connectivity index (χ0v) is 22.8. The number of unbranched alkanes of at least 4 members (excludes halogenated alkanes) is 1. The third-order valence-corrected chi connectivity index (χ3v) is 6.67. The van der Waals surface area contributed by atoms with Crippen LogP contribution in [0.2, 0.25) is 0 Å². The largest absolute Gasteiger partial charge is 0.283 e. The molecule has 0 N–H and O–H groups in total. The molecule has 0 aliphatic carbocycles. The number of carbonyl (C=O) groups excluding carboxylic acids is 2. The van der Waals surface area contributed by atoms with Crippen LogP contribution < -0.4 is 0 Å². The molecule has 0 bridgehead atoms. The molecule has 8 heteroatoms. The number of benzene rings is 3. The molecule has 0 radical (unpaired) electrons. The minimum Gasteiger partial charge on any atom is -0.283 e. The second-order valence-electron chi connectivity index (χ2n) is 8.92. The normalized spacial score (nSPS) is 11.6. The highest BCUT2D eigenvalue weighted by molar-refractivity contribution is 9.10. The Morgan fingerprint density at radius 3 is 2.22 bits per heavy atom. The SMILES string of the molecule is CCCCN(C(C)=O)C(=O)C(Cc1ccccc1)N(Cc1ccccc1)Cc1cc(Br)ccc1N=[N+]=[N-]. The molecular weight excluding hydrogens is 530 g/mol. The predicted molar refractivity (Wildman–Crippen MR) is 150 cm³/mol. The van der Waals surface area contributed by atoms with E-state index >= 15 is 0 Å². The van der Waals surface area contributed by atoms with E-state index in [9.17, 15) is 9.59 Å². The van der Waals surface area contributed by atoms with Crippen molar-refractivity contribution in [1.29, 1.82) is 0 Å². The molecule has 3 aromatic rings. The molecule has 3 aromatic carbocycles. The molecule has 1 atom stereocenters. The first kappa shape index (κ1) is 28.1. The summed E-state index contributed by atoms with van der Waals surface area (Å²) in [6, 6.07) is 24.6. The van der Waals surface area contributed by atoms with Crippen LogP contribution in [0.15, 0.2) is 88.4 Å². The Bertz CT molecular complexity index is 1230. The Labute approximate surface area is 226 Å². The number of imide groups is 1. The lowest BCUT2D eigenvalue weighted by atomic mass is 10.0. The molecule has 0 saturated carbocycles. The number of rotatable bonds is 12. The highest BCUT2D eigenvalue weighted by atomic mass is 79.9. The van der Waals surface area contributed by atoms with Crippen LogP contribution in [0, 0.1) is 0 Å². The number of hydrogen-bond acceptors (Lipinski definition) is 4. The summed E-state index contributed by atoms with van der Waals surface area (Å²) in [4.78, 5) is 33.1. The van der Waals surface area contributed by atoms with Gasteiger partial charge in [0.2, 0.25) is 11.8 Å². The van der Waals surface area contributed by atoms with E-state index in [0.29, 0.717) is 31.7 Å². The molecule has 1 unspecified atom stereocenters. The second kappa shape index (κ2) is 14.3. The van der Waals surface area contributed by atoms with E-state index in [2.05, 4.69) is 30.9 Å². The lowest BCUT2D eigenvalue weighted by Gasteiger charge is -2.34. The Morgan fingerprint density at radius 1 is 0.973 bits per heavy atom. The maximum atomic E-state index is 14.1. The highest BCUT2D eigenvalue weighted by Gasteiger charge is 2.32. The van der Waals surface area contributed by atoms with Gasteiger partial charge in [-0.05, 0) is 47.2 Å². The van der Waals surface area contributed by atoms with Gasteiger partial charge in [-0.2, -0.15) is 0 Å². The van der Waals surface area contributed by atoms with Crippen LogP contribution in [-0.2, 0) is 29.1 Å². The molecule has 3 rings (SSSR count). The topological polar surface area (TPSA) is 89.4 Å². The summed E-state index contributed by atoms with van der Waals surface area (Å²) >= 11 is 3.52. The Hall–Kier alpha value is -3.45. The fourth-order valence-electron chi connectivity index (χ4n) is 4.27. The molecule has 0 aliphatic heterocycles. The van der Waals surface area contributed by atoms with Crippen LogP contribution >= 0.6 is 15.9 Å². The van der Waals surface area contributed by atoms with Gasteiger partial charge in [0.25, 0.3) is 0 Å². The van der Waals surface area contributed by atoms with Gasteiger partial charge in [-0.25, -0.2) is 0 Å². The molecule has 2 amide bonds. The van der Waals surface area contributed by atoms with Crippen molar-refractivity contribution in [3.8, 4) is 0 Å². The van der Waals surface area contributed by atoms with E-state index < -0.39 is 6.04 Å². The summed E-state index contributed by atoms with van der Waals surface area (Å²) < 4.78 is 0.846. The van der Waals surface area contributed by atoms with Crippen LogP contribution in [-0.4, -0.2) is 34.2 Å².